The van der Waals surface area contributed by atoms with Gasteiger partial charge in [-0.25, -0.2) is 9.50 Å². The molecule has 0 saturated heterocycles. The fourth-order valence-corrected chi connectivity index (χ4v) is 3.74. The molecule has 0 fully saturated rings. The molecule has 0 bridgehead atoms. The van der Waals surface area contributed by atoms with Crippen molar-refractivity contribution in [3.8, 4) is 5.75 Å². The van der Waals surface area contributed by atoms with E-state index in [1.54, 1.807) is 23.0 Å². The van der Waals surface area contributed by atoms with E-state index in [2.05, 4.69) is 45.1 Å². The zero-order valence-electron chi connectivity index (χ0n) is 14.6. The highest BCUT2D eigenvalue weighted by molar-refractivity contribution is 9.10. The van der Waals surface area contributed by atoms with Crippen molar-refractivity contribution in [2.75, 3.05) is 13.2 Å². The van der Waals surface area contributed by atoms with Crippen molar-refractivity contribution in [2.24, 2.45) is 0 Å². The van der Waals surface area contributed by atoms with E-state index in [0.717, 1.165) is 22.2 Å². The van der Waals surface area contributed by atoms with Gasteiger partial charge in [-0.2, -0.15) is 5.10 Å². The highest BCUT2D eigenvalue weighted by Crippen LogP contribution is 2.32. The lowest BCUT2D eigenvalue weighted by molar-refractivity contribution is 0.0671. The van der Waals surface area contributed by atoms with Gasteiger partial charge in [0.05, 0.1) is 17.1 Å². The lowest BCUT2D eigenvalue weighted by Gasteiger charge is -2.35. The molecule has 1 aliphatic rings. The van der Waals surface area contributed by atoms with Gasteiger partial charge < -0.3 is 9.64 Å². The zero-order chi connectivity index (χ0) is 18.3. The maximum absolute atomic E-state index is 13.0. The summed E-state index contributed by atoms with van der Waals surface area (Å²) in [4.78, 5) is 19.2. The molecule has 0 saturated carbocycles. The predicted octanol–water partition coefficient (Wildman–Crippen LogP) is 3.65. The molecule has 0 radical (unpaired) electrons. The molecule has 1 atom stereocenters. The summed E-state index contributed by atoms with van der Waals surface area (Å²) in [5, 5.41) is 4.39. The monoisotopic (exact) mass is 414 g/mol. The number of carbonyl (C=O) groups excluding carboxylic acids is 1. The van der Waals surface area contributed by atoms with Gasteiger partial charge >= 0.3 is 0 Å². The van der Waals surface area contributed by atoms with Gasteiger partial charge in [0.1, 0.15) is 5.75 Å². The Morgan fingerprint density at radius 2 is 2.23 bits per heavy atom. The number of ether oxygens (including phenoxy) is 1. The lowest BCUT2D eigenvalue weighted by atomic mass is 9.93. The largest absolute Gasteiger partial charge is 0.494 e. The molecule has 0 aliphatic carbocycles. The Morgan fingerprint density at radius 1 is 1.38 bits per heavy atom. The molecule has 134 valence electrons. The summed E-state index contributed by atoms with van der Waals surface area (Å²) in [6.07, 6.45) is 4.30. The summed E-state index contributed by atoms with van der Waals surface area (Å²) in [5.41, 5.74) is 3.48. The summed E-state index contributed by atoms with van der Waals surface area (Å²) in [7, 11) is 0. The first-order valence-electron chi connectivity index (χ1n) is 8.64. The molecule has 1 amide bonds. The average Bonchev–Trinajstić information content (AvgIpc) is 3.05. The molecule has 6 nitrogen and oxygen atoms in total. The fourth-order valence-electron chi connectivity index (χ4n) is 3.45. The van der Waals surface area contributed by atoms with Crippen LogP contribution in [0.5, 0.6) is 5.75 Å². The van der Waals surface area contributed by atoms with Gasteiger partial charge in [-0.15, -0.1) is 0 Å². The summed E-state index contributed by atoms with van der Waals surface area (Å²) in [6.45, 7) is 5.34. The average molecular weight is 415 g/mol. The quantitative estimate of drug-likeness (QED) is 0.656. The van der Waals surface area contributed by atoms with Crippen LogP contribution in [0.1, 0.15) is 41.5 Å². The summed E-state index contributed by atoms with van der Waals surface area (Å²) < 4.78 is 8.03. The van der Waals surface area contributed by atoms with Gasteiger partial charge in [-0.3, -0.25) is 4.79 Å². The van der Waals surface area contributed by atoms with E-state index in [1.165, 1.54) is 5.56 Å². The molecule has 0 spiro atoms. The van der Waals surface area contributed by atoms with Crippen molar-refractivity contribution in [3.63, 3.8) is 0 Å². The van der Waals surface area contributed by atoms with E-state index >= 15 is 0 Å². The third kappa shape index (κ3) is 2.96. The van der Waals surface area contributed by atoms with E-state index in [9.17, 15) is 4.79 Å². The molecule has 1 aromatic carbocycles. The second-order valence-electron chi connectivity index (χ2n) is 6.32. The van der Waals surface area contributed by atoms with Gasteiger partial charge in [-0.1, -0.05) is 6.07 Å². The summed E-state index contributed by atoms with van der Waals surface area (Å²) in [6, 6.07) is 7.84. The third-order valence-electron chi connectivity index (χ3n) is 4.73. The standard InChI is InChI=1S/C19H19BrN4O2/c1-3-26-15-4-5-16-12(2)23(7-6-13(16)8-15)19(25)17-9-18-21-10-14(20)11-24(18)22-17/h4-5,8-12H,3,6-7H2,1-2H3. The van der Waals surface area contributed by atoms with Gasteiger partial charge in [0, 0.05) is 25.0 Å². The van der Waals surface area contributed by atoms with Crippen molar-refractivity contribution in [1.82, 2.24) is 19.5 Å². The van der Waals surface area contributed by atoms with E-state index in [0.29, 0.717) is 24.5 Å². The minimum atomic E-state index is -0.0707. The number of fused-ring (bicyclic) bond motifs is 2. The van der Waals surface area contributed by atoms with Crippen LogP contribution in [0.2, 0.25) is 0 Å². The Morgan fingerprint density at radius 3 is 3.04 bits per heavy atom. The molecule has 1 unspecified atom stereocenters. The van der Waals surface area contributed by atoms with E-state index in [4.69, 9.17) is 4.74 Å². The fraction of sp³-hybridized carbons (Fsp3) is 0.316. The highest BCUT2D eigenvalue weighted by atomic mass is 79.9. The van der Waals surface area contributed by atoms with E-state index < -0.39 is 0 Å². The van der Waals surface area contributed by atoms with Gasteiger partial charge in [0.25, 0.3) is 5.91 Å². The first-order valence-corrected chi connectivity index (χ1v) is 9.43. The molecule has 1 aliphatic heterocycles. The maximum atomic E-state index is 13.0. The Kier molecular flexibility index (Phi) is 4.40. The topological polar surface area (TPSA) is 59.7 Å². The van der Waals surface area contributed by atoms with Crippen molar-refractivity contribution >= 4 is 27.5 Å². The van der Waals surface area contributed by atoms with Crippen LogP contribution in [0.4, 0.5) is 0 Å². The van der Waals surface area contributed by atoms with Crippen LogP contribution in [0.25, 0.3) is 5.65 Å². The zero-order valence-corrected chi connectivity index (χ0v) is 16.2. The summed E-state index contributed by atoms with van der Waals surface area (Å²) >= 11 is 3.37. The Labute approximate surface area is 159 Å². The SMILES string of the molecule is CCOc1ccc2c(c1)CCN(C(=O)c1cc3ncc(Br)cn3n1)C2C. The molecule has 0 N–H and O–H groups in total. The molecule has 7 heteroatoms. The van der Waals surface area contributed by atoms with Crippen molar-refractivity contribution in [1.29, 1.82) is 0 Å². The molecule has 3 aromatic rings. The van der Waals surface area contributed by atoms with Crippen LogP contribution in [0.15, 0.2) is 41.1 Å². The molecular formula is C19H19BrN4O2. The number of carbonyl (C=O) groups is 1. The van der Waals surface area contributed by atoms with Crippen molar-refractivity contribution < 1.29 is 9.53 Å². The second kappa shape index (κ2) is 6.72. The third-order valence-corrected chi connectivity index (χ3v) is 5.14. The number of amides is 1. The Bertz CT molecular complexity index is 985. The minimum Gasteiger partial charge on any atom is -0.494 e. The number of rotatable bonds is 3. The first-order chi connectivity index (χ1) is 12.6. The smallest absolute Gasteiger partial charge is 0.274 e. The number of aromatic nitrogens is 3. The van der Waals surface area contributed by atoms with Crippen molar-refractivity contribution in [3.05, 3.63) is 58.0 Å². The normalized spacial score (nSPS) is 16.6. The summed E-state index contributed by atoms with van der Waals surface area (Å²) in [5.74, 6) is 0.814. The molecule has 26 heavy (non-hydrogen) atoms. The minimum absolute atomic E-state index is 0.00793. The van der Waals surface area contributed by atoms with E-state index in [1.807, 2.05) is 17.9 Å². The number of benzene rings is 1. The molecule has 4 rings (SSSR count). The molecule has 2 aromatic heterocycles. The van der Waals surface area contributed by atoms with Crippen LogP contribution in [-0.2, 0) is 6.42 Å². The molecular weight excluding hydrogens is 396 g/mol. The Balaban J connectivity index is 1.62. The lowest BCUT2D eigenvalue weighted by Crippen LogP contribution is -2.39. The second-order valence-corrected chi connectivity index (χ2v) is 7.24. The van der Waals surface area contributed by atoms with Gasteiger partial charge in [0.15, 0.2) is 11.3 Å². The van der Waals surface area contributed by atoms with Crippen LogP contribution in [-0.4, -0.2) is 38.6 Å². The van der Waals surface area contributed by atoms with Gasteiger partial charge in [-0.05, 0) is 59.5 Å². The van der Waals surface area contributed by atoms with E-state index in [-0.39, 0.29) is 11.9 Å². The number of hydrogen-bond acceptors (Lipinski definition) is 4. The van der Waals surface area contributed by atoms with Crippen LogP contribution < -0.4 is 4.74 Å². The van der Waals surface area contributed by atoms with Crippen LogP contribution in [0, 0.1) is 0 Å². The highest BCUT2D eigenvalue weighted by Gasteiger charge is 2.30. The number of nitrogens with zero attached hydrogens (tertiary/aromatic N) is 4. The first kappa shape index (κ1) is 17.0. The Hall–Kier alpha value is -2.41. The maximum Gasteiger partial charge on any atom is 0.274 e. The van der Waals surface area contributed by atoms with Gasteiger partial charge in [0.2, 0.25) is 0 Å². The van der Waals surface area contributed by atoms with Crippen LogP contribution >= 0.6 is 15.9 Å². The number of hydrogen-bond donors (Lipinski definition) is 0. The molecule has 3 heterocycles. The van der Waals surface area contributed by atoms with Crippen LogP contribution in [0.3, 0.4) is 0 Å². The van der Waals surface area contributed by atoms with Crippen molar-refractivity contribution in [2.45, 2.75) is 26.3 Å². The number of halogens is 1. The predicted molar refractivity (Wildman–Crippen MR) is 101 cm³/mol.